The summed E-state index contributed by atoms with van der Waals surface area (Å²) in [5, 5.41) is 2.66. The number of sulfonamides is 1. The maximum absolute atomic E-state index is 13.7. The molecule has 1 aromatic carbocycles. The molecule has 0 spiro atoms. The number of hydrogen-bond acceptors (Lipinski definition) is 4. The van der Waals surface area contributed by atoms with Crippen LogP contribution in [0.1, 0.15) is 19.8 Å². The molecule has 0 bridgehead atoms. The summed E-state index contributed by atoms with van der Waals surface area (Å²) in [6.07, 6.45) is 2.96. The monoisotopic (exact) mass is 348 g/mol. The fourth-order valence-corrected chi connectivity index (χ4v) is 3.54. The van der Waals surface area contributed by atoms with Crippen molar-refractivity contribution < 1.29 is 17.6 Å². The number of halogens is 1. The fraction of sp³-hybridized carbons (Fsp3) is 0.500. The van der Waals surface area contributed by atoms with Gasteiger partial charge in [0.2, 0.25) is 15.9 Å². The van der Waals surface area contributed by atoms with E-state index in [4.69, 9.17) is 0 Å². The third-order valence-corrected chi connectivity index (χ3v) is 5.05. The molecule has 0 aliphatic carbocycles. The molecule has 0 aromatic heterocycles. The molecule has 1 amide bonds. The van der Waals surface area contributed by atoms with Gasteiger partial charge in [0.1, 0.15) is 16.8 Å². The Morgan fingerprint density at radius 2 is 2.05 bits per heavy atom. The van der Waals surface area contributed by atoms with Crippen molar-refractivity contribution in [3.8, 4) is 0 Å². The van der Waals surface area contributed by atoms with Gasteiger partial charge in [0.05, 0.1) is 0 Å². The van der Waals surface area contributed by atoms with E-state index in [9.17, 15) is 17.6 Å². The summed E-state index contributed by atoms with van der Waals surface area (Å²) in [6, 6.07) is 4.18. The predicted molar refractivity (Wildman–Crippen MR) is 86.8 cm³/mol. The van der Waals surface area contributed by atoms with Crippen molar-refractivity contribution in [2.24, 2.45) is 0 Å². The maximum Gasteiger partial charge on any atom is 0.244 e. The summed E-state index contributed by atoms with van der Waals surface area (Å²) in [7, 11) is -4.09. The van der Waals surface area contributed by atoms with Crippen LogP contribution in [-0.4, -0.2) is 38.9 Å². The number of carbonyl (C=O) groups is 1. The first kappa shape index (κ1) is 18.9. The van der Waals surface area contributed by atoms with E-state index in [1.807, 2.05) is 13.2 Å². The Bertz CT molecular complexity index is 594. The van der Waals surface area contributed by atoms with E-state index < -0.39 is 32.7 Å². The number of amides is 1. The lowest BCUT2D eigenvalue weighted by Crippen LogP contribution is -2.47. The number of carbonyl (C=O) groups excluding carboxylic acids is 1. The van der Waals surface area contributed by atoms with Gasteiger partial charge in [-0.25, -0.2) is 12.8 Å². The molecule has 2 N–H and O–H groups in total. The molecular weight excluding hydrogens is 327 g/mol. The van der Waals surface area contributed by atoms with Gasteiger partial charge in [-0.05, 0) is 37.0 Å². The highest BCUT2D eigenvalue weighted by Crippen LogP contribution is 2.14. The fourth-order valence-electron chi connectivity index (χ4n) is 1.76. The minimum absolute atomic E-state index is 0.338. The second-order valence-electron chi connectivity index (χ2n) is 4.68. The van der Waals surface area contributed by atoms with E-state index in [0.29, 0.717) is 18.7 Å². The van der Waals surface area contributed by atoms with E-state index in [-0.39, 0.29) is 0 Å². The van der Waals surface area contributed by atoms with Crippen LogP contribution in [0, 0.1) is 5.82 Å². The summed E-state index contributed by atoms with van der Waals surface area (Å²) in [4.78, 5) is 11.6. The van der Waals surface area contributed by atoms with Crippen LogP contribution in [0.4, 0.5) is 4.39 Å². The Hall–Kier alpha value is -1.12. The second kappa shape index (κ2) is 9.12. The second-order valence-corrected chi connectivity index (χ2v) is 7.34. The van der Waals surface area contributed by atoms with Crippen molar-refractivity contribution in [1.82, 2.24) is 10.0 Å². The van der Waals surface area contributed by atoms with Crippen molar-refractivity contribution in [2.45, 2.75) is 30.7 Å². The molecule has 1 aromatic rings. The van der Waals surface area contributed by atoms with Crippen molar-refractivity contribution in [3.63, 3.8) is 0 Å². The van der Waals surface area contributed by atoms with E-state index in [1.54, 1.807) is 0 Å². The molecular formula is C14H21FN2O3S2. The van der Waals surface area contributed by atoms with Crippen LogP contribution in [0.15, 0.2) is 29.2 Å². The van der Waals surface area contributed by atoms with Gasteiger partial charge in [-0.1, -0.05) is 19.1 Å². The highest BCUT2D eigenvalue weighted by Gasteiger charge is 2.26. The standard InChI is InChI=1S/C14H21FN2O3S2/c1-3-9-16-14(18)12(8-10-21-2)17-22(19,20)13-7-5-4-6-11(13)15/h4-7,12,17H,3,8-10H2,1-2H3,(H,16,18). The minimum atomic E-state index is -4.09. The molecule has 22 heavy (non-hydrogen) atoms. The summed E-state index contributed by atoms with van der Waals surface area (Å²) in [5.41, 5.74) is 0. The Morgan fingerprint density at radius 1 is 1.36 bits per heavy atom. The maximum atomic E-state index is 13.7. The SMILES string of the molecule is CCCNC(=O)C(CCSC)NS(=O)(=O)c1ccccc1F. The number of thioether (sulfide) groups is 1. The van der Waals surface area contributed by atoms with Gasteiger partial charge >= 0.3 is 0 Å². The van der Waals surface area contributed by atoms with E-state index in [2.05, 4.69) is 10.0 Å². The molecule has 0 heterocycles. The van der Waals surface area contributed by atoms with Crippen LogP contribution >= 0.6 is 11.8 Å². The van der Waals surface area contributed by atoms with Crippen LogP contribution < -0.4 is 10.0 Å². The van der Waals surface area contributed by atoms with Gasteiger partial charge < -0.3 is 5.32 Å². The number of benzene rings is 1. The molecule has 0 fully saturated rings. The smallest absolute Gasteiger partial charge is 0.244 e. The highest BCUT2D eigenvalue weighted by molar-refractivity contribution is 7.98. The van der Waals surface area contributed by atoms with Crippen LogP contribution in [0.25, 0.3) is 0 Å². The number of nitrogens with one attached hydrogen (secondary N) is 2. The largest absolute Gasteiger partial charge is 0.355 e. The molecule has 0 saturated carbocycles. The zero-order valence-corrected chi connectivity index (χ0v) is 14.3. The van der Waals surface area contributed by atoms with E-state index in [0.717, 1.165) is 12.5 Å². The van der Waals surface area contributed by atoms with Gasteiger partial charge in [0, 0.05) is 6.54 Å². The predicted octanol–water partition coefficient (Wildman–Crippen LogP) is 1.75. The van der Waals surface area contributed by atoms with E-state index in [1.165, 1.54) is 30.0 Å². The molecule has 5 nitrogen and oxygen atoms in total. The third-order valence-electron chi connectivity index (χ3n) is 2.90. The van der Waals surface area contributed by atoms with Crippen molar-refractivity contribution >= 4 is 27.7 Å². The first-order valence-corrected chi connectivity index (χ1v) is 9.83. The van der Waals surface area contributed by atoms with Gasteiger partial charge in [-0.2, -0.15) is 16.5 Å². The number of hydrogen-bond donors (Lipinski definition) is 2. The summed E-state index contributed by atoms with van der Waals surface area (Å²) in [5.74, 6) is -0.618. The molecule has 0 aliphatic heterocycles. The van der Waals surface area contributed by atoms with E-state index >= 15 is 0 Å². The Morgan fingerprint density at radius 3 is 2.64 bits per heavy atom. The van der Waals surface area contributed by atoms with Crippen LogP contribution in [0.3, 0.4) is 0 Å². The summed E-state index contributed by atoms with van der Waals surface area (Å²) < 4.78 is 40.5. The normalized spacial score (nSPS) is 12.9. The van der Waals surface area contributed by atoms with Crippen molar-refractivity contribution in [1.29, 1.82) is 0 Å². The zero-order valence-electron chi connectivity index (χ0n) is 12.6. The van der Waals surface area contributed by atoms with Gasteiger partial charge in [-0.3, -0.25) is 4.79 Å². The first-order valence-electron chi connectivity index (χ1n) is 6.96. The van der Waals surface area contributed by atoms with Crippen LogP contribution in [0.5, 0.6) is 0 Å². The topological polar surface area (TPSA) is 75.3 Å². The molecule has 0 radical (unpaired) electrons. The van der Waals surface area contributed by atoms with Gasteiger partial charge in [0.15, 0.2) is 0 Å². The molecule has 8 heteroatoms. The molecule has 0 aliphatic rings. The van der Waals surface area contributed by atoms with Gasteiger partial charge in [0.25, 0.3) is 0 Å². The minimum Gasteiger partial charge on any atom is -0.355 e. The van der Waals surface area contributed by atoms with Crippen LogP contribution in [0.2, 0.25) is 0 Å². The lowest BCUT2D eigenvalue weighted by Gasteiger charge is -2.18. The molecule has 124 valence electrons. The third kappa shape index (κ3) is 5.58. The molecule has 1 atom stereocenters. The Kier molecular flexibility index (Phi) is 7.84. The lowest BCUT2D eigenvalue weighted by molar-refractivity contribution is -0.122. The summed E-state index contributed by atoms with van der Waals surface area (Å²) in [6.45, 7) is 2.37. The van der Waals surface area contributed by atoms with Crippen molar-refractivity contribution in [3.05, 3.63) is 30.1 Å². The highest BCUT2D eigenvalue weighted by atomic mass is 32.2. The molecule has 1 unspecified atom stereocenters. The molecule has 0 saturated heterocycles. The average Bonchev–Trinajstić information content (AvgIpc) is 2.49. The molecule has 1 rings (SSSR count). The lowest BCUT2D eigenvalue weighted by atomic mass is 10.2. The Balaban J connectivity index is 2.92. The van der Waals surface area contributed by atoms with Crippen LogP contribution in [-0.2, 0) is 14.8 Å². The first-order chi connectivity index (χ1) is 10.4. The number of rotatable bonds is 9. The quantitative estimate of drug-likeness (QED) is 0.713. The average molecular weight is 348 g/mol. The van der Waals surface area contributed by atoms with Crippen molar-refractivity contribution in [2.75, 3.05) is 18.6 Å². The Labute approximate surface area is 135 Å². The van der Waals surface area contributed by atoms with Gasteiger partial charge in [-0.15, -0.1) is 0 Å². The zero-order chi connectivity index (χ0) is 16.6. The summed E-state index contributed by atoms with van der Waals surface area (Å²) >= 11 is 1.51.